The van der Waals surface area contributed by atoms with Crippen molar-refractivity contribution in [1.29, 1.82) is 0 Å². The molecule has 4 heterocycles. The summed E-state index contributed by atoms with van der Waals surface area (Å²) >= 11 is 1.59. The summed E-state index contributed by atoms with van der Waals surface area (Å²) in [7, 11) is 0. The van der Waals surface area contributed by atoms with Crippen molar-refractivity contribution in [2.75, 3.05) is 59.0 Å². The second-order valence-corrected chi connectivity index (χ2v) is 9.56. The first-order valence-corrected chi connectivity index (χ1v) is 12.6. The van der Waals surface area contributed by atoms with Gasteiger partial charge in [0.25, 0.3) is 5.91 Å². The maximum atomic E-state index is 13.5. The molecule has 0 atom stereocenters. The van der Waals surface area contributed by atoms with E-state index in [2.05, 4.69) is 17.0 Å². The van der Waals surface area contributed by atoms with Crippen LogP contribution in [0.1, 0.15) is 15.9 Å². The normalized spacial score (nSPS) is 17.2. The fourth-order valence-electron chi connectivity index (χ4n) is 4.41. The maximum absolute atomic E-state index is 13.5. The van der Waals surface area contributed by atoms with Crippen molar-refractivity contribution < 1.29 is 14.3 Å². The molecule has 2 saturated heterocycles. The molecule has 0 aliphatic carbocycles. The van der Waals surface area contributed by atoms with Crippen LogP contribution in [0.15, 0.2) is 54.0 Å². The number of ether oxygens (including phenoxy) is 1. The van der Waals surface area contributed by atoms with Gasteiger partial charge in [0.2, 0.25) is 5.91 Å². The van der Waals surface area contributed by atoms with Crippen LogP contribution in [-0.2, 0) is 16.1 Å². The van der Waals surface area contributed by atoms with Gasteiger partial charge in [-0.3, -0.25) is 19.2 Å². The van der Waals surface area contributed by atoms with Crippen LogP contribution in [0.25, 0.3) is 10.6 Å². The summed E-state index contributed by atoms with van der Waals surface area (Å²) in [5.41, 5.74) is 2.51. The molecule has 0 spiro atoms. The van der Waals surface area contributed by atoms with Gasteiger partial charge in [-0.25, -0.2) is 0 Å². The van der Waals surface area contributed by atoms with Gasteiger partial charge in [-0.1, -0.05) is 36.4 Å². The molecule has 1 aromatic carbocycles. The van der Waals surface area contributed by atoms with E-state index in [0.29, 0.717) is 71.1 Å². The van der Waals surface area contributed by atoms with Crippen molar-refractivity contribution >= 4 is 23.2 Å². The number of benzene rings is 1. The van der Waals surface area contributed by atoms with Crippen molar-refractivity contribution in [3.8, 4) is 10.6 Å². The average molecular weight is 480 g/mol. The van der Waals surface area contributed by atoms with Crippen LogP contribution < -0.4 is 0 Å². The number of amides is 2. The Morgan fingerprint density at radius 2 is 1.68 bits per heavy atom. The third-order valence-corrected chi connectivity index (χ3v) is 7.19. The van der Waals surface area contributed by atoms with E-state index in [1.807, 2.05) is 56.4 Å². The molecule has 5 rings (SSSR count). The topological polar surface area (TPSA) is 70.9 Å². The van der Waals surface area contributed by atoms with Crippen LogP contribution in [-0.4, -0.2) is 95.3 Å². The number of carbonyl (C=O) groups excluding carboxylic acids is 2. The number of morpholine rings is 1. The third kappa shape index (κ3) is 5.22. The molecule has 34 heavy (non-hydrogen) atoms. The Hall–Kier alpha value is -3.01. The monoisotopic (exact) mass is 479 g/mol. The zero-order chi connectivity index (χ0) is 23.3. The van der Waals surface area contributed by atoms with Gasteiger partial charge >= 0.3 is 0 Å². The second-order valence-electron chi connectivity index (χ2n) is 8.61. The highest BCUT2D eigenvalue weighted by atomic mass is 32.1. The first-order chi connectivity index (χ1) is 16.7. The minimum absolute atomic E-state index is 0.00173. The fourth-order valence-corrected chi connectivity index (χ4v) is 5.13. The van der Waals surface area contributed by atoms with Crippen LogP contribution in [0.5, 0.6) is 0 Å². The van der Waals surface area contributed by atoms with Gasteiger partial charge < -0.3 is 14.5 Å². The van der Waals surface area contributed by atoms with Crippen LogP contribution >= 0.6 is 11.3 Å². The van der Waals surface area contributed by atoms with E-state index >= 15 is 0 Å². The summed E-state index contributed by atoms with van der Waals surface area (Å²) in [6, 6.07) is 14.1. The Morgan fingerprint density at radius 1 is 0.912 bits per heavy atom. The van der Waals surface area contributed by atoms with E-state index in [1.165, 1.54) is 0 Å². The molecule has 2 aromatic heterocycles. The van der Waals surface area contributed by atoms with E-state index in [0.717, 1.165) is 16.1 Å². The largest absolute Gasteiger partial charge is 0.378 e. The minimum atomic E-state index is 0.00173. The van der Waals surface area contributed by atoms with Crippen molar-refractivity contribution in [2.24, 2.45) is 0 Å². The molecule has 0 bridgehead atoms. The number of aromatic nitrogens is 2. The lowest BCUT2D eigenvalue weighted by Crippen LogP contribution is -2.52. The fraction of sp³-hybridized carbons (Fsp3) is 0.400. The molecule has 0 unspecified atom stereocenters. The number of carbonyl (C=O) groups is 2. The van der Waals surface area contributed by atoms with E-state index in [1.54, 1.807) is 11.3 Å². The Morgan fingerprint density at radius 3 is 2.38 bits per heavy atom. The van der Waals surface area contributed by atoms with Gasteiger partial charge in [0.15, 0.2) is 0 Å². The van der Waals surface area contributed by atoms with Crippen LogP contribution in [0.4, 0.5) is 0 Å². The number of hydrogen-bond donors (Lipinski definition) is 0. The van der Waals surface area contributed by atoms with E-state index in [-0.39, 0.29) is 11.8 Å². The lowest BCUT2D eigenvalue weighted by Gasteiger charge is -2.36. The van der Waals surface area contributed by atoms with Gasteiger partial charge in [-0.2, -0.15) is 5.10 Å². The molecule has 3 aromatic rings. The van der Waals surface area contributed by atoms with Crippen LogP contribution in [0.3, 0.4) is 0 Å². The molecular weight excluding hydrogens is 450 g/mol. The van der Waals surface area contributed by atoms with Gasteiger partial charge in [-0.05, 0) is 17.0 Å². The molecule has 2 fully saturated rings. The predicted molar refractivity (Wildman–Crippen MR) is 131 cm³/mol. The molecule has 178 valence electrons. The van der Waals surface area contributed by atoms with E-state index in [9.17, 15) is 9.59 Å². The molecule has 9 heteroatoms. The molecule has 8 nitrogen and oxygen atoms in total. The van der Waals surface area contributed by atoms with Crippen molar-refractivity contribution in [3.63, 3.8) is 0 Å². The van der Waals surface area contributed by atoms with Gasteiger partial charge in [-0.15, -0.1) is 11.3 Å². The molecule has 2 amide bonds. The molecule has 2 aliphatic heterocycles. The standard InChI is InChI=1S/C25H29N5O3S/c31-23(28-12-14-33-15-13-28)19-27-8-10-29(11-9-27)25(32)21-18-30(17-20-5-2-1-3-6-20)26-24(21)22-7-4-16-34-22/h1-7,16,18H,8-15,17,19H2. The summed E-state index contributed by atoms with van der Waals surface area (Å²) in [6.45, 7) is 6.14. The Bertz CT molecular complexity index is 1100. The molecular formula is C25H29N5O3S. The zero-order valence-corrected chi connectivity index (χ0v) is 20.0. The Labute approximate surface area is 203 Å². The summed E-state index contributed by atoms with van der Waals surface area (Å²) in [4.78, 5) is 33.0. The highest BCUT2D eigenvalue weighted by Crippen LogP contribution is 2.28. The summed E-state index contributed by atoms with van der Waals surface area (Å²) < 4.78 is 7.19. The number of hydrogen-bond acceptors (Lipinski definition) is 6. The van der Waals surface area contributed by atoms with E-state index < -0.39 is 0 Å². The lowest BCUT2D eigenvalue weighted by molar-refractivity contribution is -0.136. The van der Waals surface area contributed by atoms with Crippen molar-refractivity contribution in [2.45, 2.75) is 6.54 Å². The number of rotatable bonds is 6. The van der Waals surface area contributed by atoms with Gasteiger partial charge in [0.1, 0.15) is 5.69 Å². The molecule has 0 saturated carbocycles. The average Bonchev–Trinajstić information content (AvgIpc) is 3.55. The number of thiophene rings is 1. The van der Waals surface area contributed by atoms with Crippen LogP contribution in [0, 0.1) is 0 Å². The number of nitrogens with zero attached hydrogens (tertiary/aromatic N) is 5. The van der Waals surface area contributed by atoms with E-state index in [4.69, 9.17) is 9.84 Å². The zero-order valence-electron chi connectivity index (χ0n) is 19.1. The minimum Gasteiger partial charge on any atom is -0.378 e. The number of piperazine rings is 1. The third-order valence-electron chi connectivity index (χ3n) is 6.32. The predicted octanol–water partition coefficient (Wildman–Crippen LogP) is 2.28. The van der Waals surface area contributed by atoms with Gasteiger partial charge in [0.05, 0.1) is 36.7 Å². The quantitative estimate of drug-likeness (QED) is 0.543. The summed E-state index contributed by atoms with van der Waals surface area (Å²) in [6.07, 6.45) is 1.87. The van der Waals surface area contributed by atoms with Crippen molar-refractivity contribution in [1.82, 2.24) is 24.5 Å². The molecule has 0 radical (unpaired) electrons. The lowest BCUT2D eigenvalue weighted by atomic mass is 10.1. The highest BCUT2D eigenvalue weighted by molar-refractivity contribution is 7.13. The summed E-state index contributed by atoms with van der Waals surface area (Å²) in [5.74, 6) is 0.145. The first kappa shape index (κ1) is 22.8. The Balaban J connectivity index is 1.25. The SMILES string of the molecule is O=C(CN1CCN(C(=O)c2cn(Cc3ccccc3)nc2-c2cccs2)CC1)N1CCOCC1. The van der Waals surface area contributed by atoms with Crippen molar-refractivity contribution in [3.05, 3.63) is 65.2 Å². The maximum Gasteiger partial charge on any atom is 0.257 e. The Kier molecular flexibility index (Phi) is 7.03. The summed E-state index contributed by atoms with van der Waals surface area (Å²) in [5, 5.41) is 6.78. The molecule has 0 N–H and O–H groups in total. The van der Waals surface area contributed by atoms with Crippen LogP contribution in [0.2, 0.25) is 0 Å². The molecule has 2 aliphatic rings. The smallest absolute Gasteiger partial charge is 0.257 e. The van der Waals surface area contributed by atoms with Gasteiger partial charge in [0, 0.05) is 45.5 Å². The highest BCUT2D eigenvalue weighted by Gasteiger charge is 2.28. The first-order valence-electron chi connectivity index (χ1n) is 11.7. The second kappa shape index (κ2) is 10.5.